The molecule has 1 saturated heterocycles. The van der Waals surface area contributed by atoms with Crippen LogP contribution < -0.4 is 5.32 Å². The molecule has 1 fully saturated rings. The van der Waals surface area contributed by atoms with Crippen LogP contribution in [-0.2, 0) is 14.3 Å². The van der Waals surface area contributed by atoms with Gasteiger partial charge in [-0.15, -0.1) is 0 Å². The number of nitrogens with one attached hydrogen (secondary N) is 1. The van der Waals surface area contributed by atoms with Gasteiger partial charge in [-0.2, -0.15) is 0 Å². The number of carbonyl (C=O) groups is 1. The first-order valence-corrected chi connectivity index (χ1v) is 8.73. The van der Waals surface area contributed by atoms with Crippen molar-refractivity contribution < 1.29 is 14.3 Å². The predicted octanol–water partition coefficient (Wildman–Crippen LogP) is 2.38. The molecule has 5 heteroatoms. The summed E-state index contributed by atoms with van der Waals surface area (Å²) < 4.78 is 10.9. The highest BCUT2D eigenvalue weighted by Crippen LogP contribution is 2.27. The molecular weight excluding hydrogens is 304 g/mol. The average Bonchev–Trinajstić information content (AvgIpc) is 2.55. The highest BCUT2D eigenvalue weighted by atomic mass is 16.5. The lowest BCUT2D eigenvalue weighted by Gasteiger charge is -2.40. The van der Waals surface area contributed by atoms with E-state index in [1.807, 2.05) is 25.1 Å². The van der Waals surface area contributed by atoms with E-state index >= 15 is 0 Å². The smallest absolute Gasteiger partial charge is 0.325 e. The second-order valence-electron chi connectivity index (χ2n) is 7.13. The highest BCUT2D eigenvalue weighted by Gasteiger charge is 2.37. The normalized spacial score (nSPS) is 18.8. The zero-order valence-corrected chi connectivity index (χ0v) is 15.2. The highest BCUT2D eigenvalue weighted by molar-refractivity contribution is 5.77. The lowest BCUT2D eigenvalue weighted by molar-refractivity contribution is -0.149. The van der Waals surface area contributed by atoms with Crippen molar-refractivity contribution in [3.63, 3.8) is 0 Å². The first kappa shape index (κ1) is 18.9. The quantitative estimate of drug-likeness (QED) is 0.810. The van der Waals surface area contributed by atoms with Gasteiger partial charge in [0.15, 0.2) is 0 Å². The van der Waals surface area contributed by atoms with Gasteiger partial charge < -0.3 is 9.47 Å². The standard InChI is InChI=1S/C19H30N2O3/c1-5-24-18(22)16(20-19(2,3)4)17(15-9-7-6-8-10-15)21-11-13-23-14-12-21/h6-10,16-17,20H,5,11-14H2,1-4H3/t16-,17-/m1/s1. The van der Waals surface area contributed by atoms with Gasteiger partial charge in [0, 0.05) is 18.6 Å². The number of benzene rings is 1. The number of hydrogen-bond donors (Lipinski definition) is 1. The minimum Gasteiger partial charge on any atom is -0.465 e. The van der Waals surface area contributed by atoms with E-state index in [1.165, 1.54) is 0 Å². The molecule has 2 atom stereocenters. The first-order valence-electron chi connectivity index (χ1n) is 8.73. The third kappa shape index (κ3) is 5.30. The van der Waals surface area contributed by atoms with Crippen LogP contribution >= 0.6 is 0 Å². The maximum atomic E-state index is 12.7. The minimum absolute atomic E-state index is 0.0756. The van der Waals surface area contributed by atoms with E-state index in [0.717, 1.165) is 18.7 Å². The Bertz CT molecular complexity index is 507. The SMILES string of the molecule is CCOC(=O)[C@H](NC(C)(C)C)[C@@H](c1ccccc1)N1CCOCC1. The van der Waals surface area contributed by atoms with Gasteiger partial charge >= 0.3 is 5.97 Å². The van der Waals surface area contributed by atoms with Gasteiger partial charge in [0.1, 0.15) is 6.04 Å². The molecule has 0 spiro atoms. The van der Waals surface area contributed by atoms with Crippen LogP contribution in [0, 0.1) is 0 Å². The zero-order valence-electron chi connectivity index (χ0n) is 15.2. The molecule has 0 radical (unpaired) electrons. The van der Waals surface area contributed by atoms with Crippen molar-refractivity contribution >= 4 is 5.97 Å². The van der Waals surface area contributed by atoms with E-state index < -0.39 is 6.04 Å². The second kappa shape index (κ2) is 8.60. The van der Waals surface area contributed by atoms with Crippen LogP contribution in [0.15, 0.2) is 30.3 Å². The molecule has 0 unspecified atom stereocenters. The summed E-state index contributed by atoms with van der Waals surface area (Å²) in [5.74, 6) is -0.201. The third-order valence-electron chi connectivity index (χ3n) is 4.02. The first-order chi connectivity index (χ1) is 11.4. The fraction of sp³-hybridized carbons (Fsp3) is 0.632. The van der Waals surface area contributed by atoms with Crippen LogP contribution in [0.3, 0.4) is 0 Å². The number of hydrogen-bond acceptors (Lipinski definition) is 5. The Labute approximate surface area is 145 Å². The Morgan fingerprint density at radius 1 is 1.25 bits per heavy atom. The molecular formula is C19H30N2O3. The number of esters is 1. The largest absolute Gasteiger partial charge is 0.465 e. The van der Waals surface area contributed by atoms with Crippen LogP contribution in [0.2, 0.25) is 0 Å². The fourth-order valence-corrected chi connectivity index (χ4v) is 3.09. The monoisotopic (exact) mass is 334 g/mol. The molecule has 1 heterocycles. The van der Waals surface area contributed by atoms with Crippen LogP contribution in [0.5, 0.6) is 0 Å². The third-order valence-corrected chi connectivity index (χ3v) is 4.02. The van der Waals surface area contributed by atoms with Gasteiger partial charge in [0.25, 0.3) is 0 Å². The predicted molar refractivity (Wildman–Crippen MR) is 94.9 cm³/mol. The summed E-state index contributed by atoms with van der Waals surface area (Å²) in [6.07, 6.45) is 0. The number of nitrogens with zero attached hydrogens (tertiary/aromatic N) is 1. The number of rotatable bonds is 6. The molecule has 0 saturated carbocycles. The second-order valence-corrected chi connectivity index (χ2v) is 7.13. The summed E-state index contributed by atoms with van der Waals surface area (Å²) in [5.41, 5.74) is 0.922. The molecule has 0 amide bonds. The summed E-state index contributed by atoms with van der Waals surface area (Å²) in [5, 5.41) is 3.48. The molecule has 2 rings (SSSR count). The Morgan fingerprint density at radius 3 is 2.42 bits per heavy atom. The lowest BCUT2D eigenvalue weighted by atomic mass is 9.94. The maximum Gasteiger partial charge on any atom is 0.325 e. The number of carbonyl (C=O) groups excluding carboxylic acids is 1. The Hall–Kier alpha value is -1.43. The topological polar surface area (TPSA) is 50.8 Å². The van der Waals surface area contributed by atoms with E-state index in [0.29, 0.717) is 19.8 Å². The van der Waals surface area contributed by atoms with Gasteiger partial charge in [-0.25, -0.2) is 0 Å². The fourth-order valence-electron chi connectivity index (χ4n) is 3.09. The van der Waals surface area contributed by atoms with Crippen molar-refractivity contribution in [1.29, 1.82) is 0 Å². The summed E-state index contributed by atoms with van der Waals surface area (Å²) >= 11 is 0. The zero-order chi connectivity index (χ0) is 17.6. The van der Waals surface area contributed by atoms with Crippen molar-refractivity contribution in [2.24, 2.45) is 0 Å². The van der Waals surface area contributed by atoms with Gasteiger partial charge in [-0.1, -0.05) is 30.3 Å². The van der Waals surface area contributed by atoms with Crippen molar-refractivity contribution in [1.82, 2.24) is 10.2 Å². The summed E-state index contributed by atoms with van der Waals surface area (Å²) in [4.78, 5) is 15.1. The molecule has 0 aliphatic carbocycles. The molecule has 5 nitrogen and oxygen atoms in total. The van der Waals surface area contributed by atoms with Gasteiger partial charge in [-0.3, -0.25) is 15.0 Å². The van der Waals surface area contributed by atoms with Gasteiger partial charge in [0.05, 0.1) is 25.9 Å². The minimum atomic E-state index is -0.426. The molecule has 24 heavy (non-hydrogen) atoms. The van der Waals surface area contributed by atoms with Gasteiger partial charge in [0.2, 0.25) is 0 Å². The molecule has 0 bridgehead atoms. The van der Waals surface area contributed by atoms with Crippen molar-refractivity contribution in [2.45, 2.75) is 45.3 Å². The Morgan fingerprint density at radius 2 is 1.88 bits per heavy atom. The molecule has 1 N–H and O–H groups in total. The summed E-state index contributed by atoms with van der Waals surface area (Å²) in [6.45, 7) is 11.4. The lowest BCUT2D eigenvalue weighted by Crippen LogP contribution is -2.56. The molecule has 1 aliphatic heterocycles. The molecule has 1 aromatic rings. The van der Waals surface area contributed by atoms with E-state index in [1.54, 1.807) is 0 Å². The molecule has 1 aliphatic rings. The van der Waals surface area contributed by atoms with E-state index in [2.05, 4.69) is 43.1 Å². The summed E-state index contributed by atoms with van der Waals surface area (Å²) in [6, 6.07) is 9.69. The van der Waals surface area contributed by atoms with Crippen LogP contribution in [-0.4, -0.2) is 55.4 Å². The van der Waals surface area contributed by atoms with Crippen LogP contribution in [0.1, 0.15) is 39.3 Å². The summed E-state index contributed by atoms with van der Waals surface area (Å²) in [7, 11) is 0. The molecule has 0 aromatic heterocycles. The molecule has 134 valence electrons. The van der Waals surface area contributed by atoms with E-state index in [9.17, 15) is 4.79 Å². The van der Waals surface area contributed by atoms with E-state index in [-0.39, 0.29) is 17.6 Å². The number of ether oxygens (including phenoxy) is 2. The van der Waals surface area contributed by atoms with Crippen molar-refractivity contribution in [3.05, 3.63) is 35.9 Å². The Kier molecular flexibility index (Phi) is 6.78. The van der Waals surface area contributed by atoms with Crippen LogP contribution in [0.4, 0.5) is 0 Å². The molecule has 1 aromatic carbocycles. The number of morpholine rings is 1. The van der Waals surface area contributed by atoms with Crippen molar-refractivity contribution in [2.75, 3.05) is 32.9 Å². The Balaban J connectivity index is 2.37. The maximum absolute atomic E-state index is 12.7. The average molecular weight is 334 g/mol. The van der Waals surface area contributed by atoms with E-state index in [4.69, 9.17) is 9.47 Å². The van der Waals surface area contributed by atoms with Crippen LogP contribution in [0.25, 0.3) is 0 Å². The van der Waals surface area contributed by atoms with Crippen molar-refractivity contribution in [3.8, 4) is 0 Å². The van der Waals surface area contributed by atoms with Gasteiger partial charge in [-0.05, 0) is 33.3 Å².